The number of nitrogens with zero attached hydrogens (tertiary/aromatic N) is 2. The Morgan fingerprint density at radius 3 is 1.90 bits per heavy atom. The number of nitrogen functional groups attached to an aromatic ring is 2. The van der Waals surface area contributed by atoms with Crippen molar-refractivity contribution in [2.45, 2.75) is 0 Å². The average molecular weight is 260 g/mol. The number of benzene rings is 3. The molecule has 0 atom stereocenters. The van der Waals surface area contributed by atoms with Gasteiger partial charge >= 0.3 is 0 Å². The number of hydrogen-bond donors (Lipinski definition) is 2. The number of rotatable bonds is 0. The summed E-state index contributed by atoms with van der Waals surface area (Å²) in [4.78, 5) is 8.50. The molecule has 1 aromatic heterocycles. The Morgan fingerprint density at radius 1 is 0.650 bits per heavy atom. The van der Waals surface area contributed by atoms with Crippen LogP contribution in [-0.4, -0.2) is 9.97 Å². The molecule has 0 amide bonds. The quantitative estimate of drug-likeness (QED) is 0.476. The van der Waals surface area contributed by atoms with E-state index in [4.69, 9.17) is 11.5 Å². The molecule has 0 aliphatic heterocycles. The van der Waals surface area contributed by atoms with Crippen LogP contribution in [0, 0.1) is 0 Å². The van der Waals surface area contributed by atoms with Crippen LogP contribution in [0.25, 0.3) is 32.4 Å². The number of fused-ring (bicyclic) bond motifs is 6. The Balaban J connectivity index is 2.46. The van der Waals surface area contributed by atoms with E-state index in [1.807, 2.05) is 36.4 Å². The predicted molar refractivity (Wildman–Crippen MR) is 83.4 cm³/mol. The van der Waals surface area contributed by atoms with Crippen molar-refractivity contribution in [2.24, 2.45) is 0 Å². The highest BCUT2D eigenvalue weighted by Crippen LogP contribution is 2.36. The molecule has 96 valence electrons. The van der Waals surface area contributed by atoms with Crippen LogP contribution in [-0.2, 0) is 0 Å². The van der Waals surface area contributed by atoms with Gasteiger partial charge in [0.05, 0.1) is 10.9 Å². The first-order valence-corrected chi connectivity index (χ1v) is 6.38. The van der Waals surface area contributed by atoms with Gasteiger partial charge in [0.25, 0.3) is 0 Å². The third kappa shape index (κ3) is 1.36. The lowest BCUT2D eigenvalue weighted by molar-refractivity contribution is 1.25. The summed E-state index contributed by atoms with van der Waals surface area (Å²) in [6, 6.07) is 16.3. The summed E-state index contributed by atoms with van der Waals surface area (Å²) in [7, 11) is 0. The Bertz CT molecular complexity index is 976. The van der Waals surface area contributed by atoms with E-state index in [0.29, 0.717) is 5.82 Å². The van der Waals surface area contributed by atoms with Gasteiger partial charge < -0.3 is 11.5 Å². The summed E-state index contributed by atoms with van der Waals surface area (Å²) >= 11 is 0. The molecular formula is C16H12N4. The SMILES string of the molecule is Nc1nc(N)c2c3ccccc3c3ccccc3c2n1. The van der Waals surface area contributed by atoms with Gasteiger partial charge in [0, 0.05) is 5.39 Å². The smallest absolute Gasteiger partial charge is 0.222 e. The van der Waals surface area contributed by atoms with Crippen molar-refractivity contribution in [3.05, 3.63) is 48.5 Å². The van der Waals surface area contributed by atoms with Gasteiger partial charge in [-0.05, 0) is 16.2 Å². The Kier molecular flexibility index (Phi) is 2.09. The van der Waals surface area contributed by atoms with E-state index in [1.54, 1.807) is 0 Å². The zero-order valence-corrected chi connectivity index (χ0v) is 10.7. The summed E-state index contributed by atoms with van der Waals surface area (Å²) in [6.45, 7) is 0. The lowest BCUT2D eigenvalue weighted by atomic mass is 9.97. The molecule has 4 heteroatoms. The average Bonchev–Trinajstić information content (AvgIpc) is 2.47. The van der Waals surface area contributed by atoms with E-state index in [2.05, 4.69) is 22.1 Å². The van der Waals surface area contributed by atoms with Crippen LogP contribution >= 0.6 is 0 Å². The number of anilines is 2. The minimum absolute atomic E-state index is 0.204. The van der Waals surface area contributed by atoms with E-state index in [0.717, 1.165) is 32.4 Å². The fourth-order valence-electron chi connectivity index (χ4n) is 2.82. The van der Waals surface area contributed by atoms with E-state index in [9.17, 15) is 0 Å². The van der Waals surface area contributed by atoms with E-state index in [-0.39, 0.29) is 5.95 Å². The van der Waals surface area contributed by atoms with Crippen LogP contribution in [0.4, 0.5) is 11.8 Å². The molecule has 0 spiro atoms. The van der Waals surface area contributed by atoms with Gasteiger partial charge in [-0.3, -0.25) is 0 Å². The van der Waals surface area contributed by atoms with Crippen LogP contribution in [0.15, 0.2) is 48.5 Å². The van der Waals surface area contributed by atoms with Gasteiger partial charge in [-0.1, -0.05) is 48.5 Å². The Morgan fingerprint density at radius 2 is 1.20 bits per heavy atom. The van der Waals surface area contributed by atoms with Gasteiger partial charge in [-0.25, -0.2) is 4.98 Å². The highest BCUT2D eigenvalue weighted by Gasteiger charge is 2.12. The van der Waals surface area contributed by atoms with Crippen LogP contribution in [0.3, 0.4) is 0 Å². The molecule has 0 unspecified atom stereocenters. The van der Waals surface area contributed by atoms with Crippen LogP contribution in [0.5, 0.6) is 0 Å². The zero-order chi connectivity index (χ0) is 13.7. The maximum Gasteiger partial charge on any atom is 0.222 e. The predicted octanol–water partition coefficient (Wildman–Crippen LogP) is 3.10. The van der Waals surface area contributed by atoms with Crippen molar-refractivity contribution >= 4 is 44.2 Å². The lowest BCUT2D eigenvalue weighted by Crippen LogP contribution is -2.01. The molecule has 0 aliphatic rings. The Labute approximate surface area is 115 Å². The van der Waals surface area contributed by atoms with Gasteiger partial charge in [0.1, 0.15) is 5.82 Å². The first-order valence-electron chi connectivity index (χ1n) is 6.38. The molecule has 0 saturated carbocycles. The second kappa shape index (κ2) is 3.81. The van der Waals surface area contributed by atoms with Gasteiger partial charge in [0.15, 0.2) is 0 Å². The molecule has 0 radical (unpaired) electrons. The van der Waals surface area contributed by atoms with Crippen LogP contribution in [0.1, 0.15) is 0 Å². The number of aromatic nitrogens is 2. The molecule has 0 fully saturated rings. The molecular weight excluding hydrogens is 248 g/mol. The molecule has 3 aromatic carbocycles. The molecule has 0 saturated heterocycles. The molecule has 4 nitrogen and oxygen atoms in total. The molecule has 0 bridgehead atoms. The van der Waals surface area contributed by atoms with Crippen molar-refractivity contribution in [2.75, 3.05) is 11.5 Å². The lowest BCUT2D eigenvalue weighted by Gasteiger charge is -2.11. The normalized spacial score (nSPS) is 11.4. The summed E-state index contributed by atoms with van der Waals surface area (Å²) < 4.78 is 0. The highest BCUT2D eigenvalue weighted by molar-refractivity contribution is 6.26. The molecule has 4 aromatic rings. The zero-order valence-electron chi connectivity index (χ0n) is 10.7. The fraction of sp³-hybridized carbons (Fsp3) is 0. The van der Waals surface area contributed by atoms with E-state index < -0.39 is 0 Å². The number of hydrogen-bond acceptors (Lipinski definition) is 4. The molecule has 1 heterocycles. The topological polar surface area (TPSA) is 77.8 Å². The third-order valence-corrected chi connectivity index (χ3v) is 3.62. The number of nitrogens with two attached hydrogens (primary N) is 2. The highest BCUT2D eigenvalue weighted by atomic mass is 15.0. The maximum absolute atomic E-state index is 6.08. The summed E-state index contributed by atoms with van der Waals surface area (Å²) in [5.41, 5.74) is 12.7. The van der Waals surface area contributed by atoms with Crippen molar-refractivity contribution in [3.8, 4) is 0 Å². The molecule has 20 heavy (non-hydrogen) atoms. The maximum atomic E-state index is 6.08. The fourth-order valence-corrected chi connectivity index (χ4v) is 2.82. The summed E-state index contributed by atoms with van der Waals surface area (Å²) in [5.74, 6) is 0.630. The van der Waals surface area contributed by atoms with Gasteiger partial charge in [-0.15, -0.1) is 0 Å². The monoisotopic (exact) mass is 260 g/mol. The van der Waals surface area contributed by atoms with Gasteiger partial charge in [-0.2, -0.15) is 4.98 Å². The second-order valence-electron chi connectivity index (χ2n) is 4.78. The largest absolute Gasteiger partial charge is 0.383 e. The first-order chi connectivity index (χ1) is 9.75. The summed E-state index contributed by atoms with van der Waals surface area (Å²) in [6.07, 6.45) is 0. The van der Waals surface area contributed by atoms with E-state index >= 15 is 0 Å². The van der Waals surface area contributed by atoms with Gasteiger partial charge in [0.2, 0.25) is 5.95 Å². The standard InChI is InChI=1S/C16H12N4/c17-15-13-11-7-3-1-5-9(11)10-6-2-4-8-12(10)14(13)19-16(18)20-15/h1-8H,(H4,17,18,19,20). The van der Waals surface area contributed by atoms with Crippen molar-refractivity contribution in [3.63, 3.8) is 0 Å². The first kappa shape index (κ1) is 11.0. The van der Waals surface area contributed by atoms with Crippen molar-refractivity contribution < 1.29 is 0 Å². The Hall–Kier alpha value is -2.88. The molecule has 4 N–H and O–H groups in total. The molecule has 0 aliphatic carbocycles. The molecule has 4 rings (SSSR count). The van der Waals surface area contributed by atoms with Crippen LogP contribution < -0.4 is 11.5 Å². The van der Waals surface area contributed by atoms with Crippen molar-refractivity contribution in [1.29, 1.82) is 0 Å². The summed E-state index contributed by atoms with van der Waals surface area (Å²) in [5, 5.41) is 5.26. The minimum Gasteiger partial charge on any atom is -0.383 e. The van der Waals surface area contributed by atoms with Crippen molar-refractivity contribution in [1.82, 2.24) is 9.97 Å². The minimum atomic E-state index is 0.204. The van der Waals surface area contributed by atoms with Crippen LogP contribution in [0.2, 0.25) is 0 Å². The second-order valence-corrected chi connectivity index (χ2v) is 4.78. The van der Waals surface area contributed by atoms with E-state index in [1.165, 1.54) is 0 Å². The third-order valence-electron chi connectivity index (χ3n) is 3.62.